The molecule has 1 aliphatic rings. The van der Waals surface area contributed by atoms with Gasteiger partial charge in [0, 0.05) is 23.2 Å². The van der Waals surface area contributed by atoms with Gasteiger partial charge in [0.05, 0.1) is 0 Å². The maximum Gasteiger partial charge on any atom is 0.125 e. The van der Waals surface area contributed by atoms with E-state index in [9.17, 15) is 4.39 Å². The first-order valence-corrected chi connectivity index (χ1v) is 7.11. The third-order valence-electron chi connectivity index (χ3n) is 3.37. The monoisotopic (exact) mass is 305 g/mol. The molecule has 2 aromatic carbocycles. The molecule has 3 heteroatoms. The van der Waals surface area contributed by atoms with Gasteiger partial charge in [-0.05, 0) is 35.7 Å². The molecule has 0 fully saturated rings. The molecule has 18 heavy (non-hydrogen) atoms. The number of fused-ring (bicyclic) bond motifs is 1. The fourth-order valence-corrected chi connectivity index (χ4v) is 2.96. The van der Waals surface area contributed by atoms with Crippen LogP contribution in [0.5, 0.6) is 0 Å². The minimum atomic E-state index is -0.169. The Morgan fingerprint density at radius 1 is 1.11 bits per heavy atom. The summed E-state index contributed by atoms with van der Waals surface area (Å²) in [6.45, 7) is 0.919. The van der Waals surface area contributed by atoms with E-state index >= 15 is 0 Å². The van der Waals surface area contributed by atoms with E-state index in [0.717, 1.165) is 24.0 Å². The van der Waals surface area contributed by atoms with Crippen LogP contribution >= 0.6 is 15.9 Å². The number of anilines is 2. The van der Waals surface area contributed by atoms with Gasteiger partial charge in [-0.15, -0.1) is 0 Å². The summed E-state index contributed by atoms with van der Waals surface area (Å²) in [4.78, 5) is 2.20. The standard InChI is InChI=1S/C15H13BrFN/c16-10-12-3-1-2-4-14(12)18-8-7-11-5-6-13(17)9-15(11)18/h1-6,9H,7-8,10H2. The summed E-state index contributed by atoms with van der Waals surface area (Å²) >= 11 is 3.51. The molecule has 0 N–H and O–H groups in total. The molecule has 1 heterocycles. The summed E-state index contributed by atoms with van der Waals surface area (Å²) in [5.41, 5.74) is 4.62. The number of hydrogen-bond donors (Lipinski definition) is 0. The summed E-state index contributed by atoms with van der Waals surface area (Å²) in [6, 6.07) is 13.3. The van der Waals surface area contributed by atoms with Crippen molar-refractivity contribution in [1.29, 1.82) is 0 Å². The van der Waals surface area contributed by atoms with Crippen LogP contribution in [0.3, 0.4) is 0 Å². The third kappa shape index (κ3) is 1.93. The van der Waals surface area contributed by atoms with Crippen molar-refractivity contribution >= 4 is 27.3 Å². The molecular formula is C15H13BrFN. The zero-order valence-electron chi connectivity index (χ0n) is 9.87. The fourth-order valence-electron chi connectivity index (χ4n) is 2.49. The Hall–Kier alpha value is -1.35. The van der Waals surface area contributed by atoms with Gasteiger partial charge in [-0.3, -0.25) is 0 Å². The van der Waals surface area contributed by atoms with E-state index in [0.29, 0.717) is 0 Å². The van der Waals surface area contributed by atoms with E-state index in [2.05, 4.69) is 33.0 Å². The predicted octanol–water partition coefficient (Wildman–Crippen LogP) is 4.41. The number of hydrogen-bond acceptors (Lipinski definition) is 1. The van der Waals surface area contributed by atoms with Crippen LogP contribution in [0, 0.1) is 5.82 Å². The molecular weight excluding hydrogens is 293 g/mol. The van der Waals surface area contributed by atoms with Gasteiger partial charge >= 0.3 is 0 Å². The van der Waals surface area contributed by atoms with Crippen molar-refractivity contribution in [3.63, 3.8) is 0 Å². The second-order valence-electron chi connectivity index (χ2n) is 4.44. The Morgan fingerprint density at radius 3 is 2.78 bits per heavy atom. The van der Waals surface area contributed by atoms with Crippen LogP contribution in [0.2, 0.25) is 0 Å². The summed E-state index contributed by atoms with van der Waals surface area (Å²) in [5.74, 6) is -0.169. The van der Waals surface area contributed by atoms with E-state index in [1.807, 2.05) is 18.2 Å². The van der Waals surface area contributed by atoms with E-state index < -0.39 is 0 Å². The Balaban J connectivity index is 2.08. The van der Waals surface area contributed by atoms with Gasteiger partial charge in [0.25, 0.3) is 0 Å². The largest absolute Gasteiger partial charge is 0.341 e. The van der Waals surface area contributed by atoms with Gasteiger partial charge < -0.3 is 4.90 Å². The fraction of sp³-hybridized carbons (Fsp3) is 0.200. The molecule has 2 aromatic rings. The Morgan fingerprint density at radius 2 is 1.94 bits per heavy atom. The highest BCUT2D eigenvalue weighted by atomic mass is 79.9. The Bertz CT molecular complexity index is 582. The number of halogens is 2. The lowest BCUT2D eigenvalue weighted by Crippen LogP contribution is -2.14. The number of benzene rings is 2. The van der Waals surface area contributed by atoms with Crippen LogP contribution in [-0.2, 0) is 11.8 Å². The van der Waals surface area contributed by atoms with Crippen molar-refractivity contribution in [2.24, 2.45) is 0 Å². The second-order valence-corrected chi connectivity index (χ2v) is 5.00. The van der Waals surface area contributed by atoms with Crippen LogP contribution in [0.1, 0.15) is 11.1 Å². The van der Waals surface area contributed by atoms with Crippen molar-refractivity contribution in [2.45, 2.75) is 11.8 Å². The molecule has 1 aliphatic heterocycles. The second kappa shape index (κ2) is 4.73. The lowest BCUT2D eigenvalue weighted by Gasteiger charge is -2.22. The molecule has 0 spiro atoms. The molecule has 0 bridgehead atoms. The van der Waals surface area contributed by atoms with Crippen molar-refractivity contribution in [3.8, 4) is 0 Å². The first-order valence-electron chi connectivity index (χ1n) is 5.99. The summed E-state index contributed by atoms with van der Waals surface area (Å²) in [7, 11) is 0. The third-order valence-corrected chi connectivity index (χ3v) is 3.97. The SMILES string of the molecule is Fc1ccc2c(c1)N(c1ccccc1CBr)CC2. The number of alkyl halides is 1. The van der Waals surface area contributed by atoms with Crippen LogP contribution in [-0.4, -0.2) is 6.54 Å². The maximum atomic E-state index is 13.4. The molecule has 0 saturated carbocycles. The number of para-hydroxylation sites is 1. The molecule has 3 rings (SSSR count). The topological polar surface area (TPSA) is 3.24 Å². The maximum absolute atomic E-state index is 13.4. The van der Waals surface area contributed by atoms with Crippen LogP contribution in [0.15, 0.2) is 42.5 Å². The summed E-state index contributed by atoms with van der Waals surface area (Å²) in [6.07, 6.45) is 0.978. The van der Waals surface area contributed by atoms with Gasteiger partial charge in [-0.25, -0.2) is 4.39 Å². The first kappa shape index (κ1) is 11.7. The van der Waals surface area contributed by atoms with Crippen molar-refractivity contribution in [3.05, 3.63) is 59.4 Å². The zero-order chi connectivity index (χ0) is 12.5. The molecule has 1 nitrogen and oxygen atoms in total. The average molecular weight is 306 g/mol. The van der Waals surface area contributed by atoms with Crippen molar-refractivity contribution in [1.82, 2.24) is 0 Å². The molecule has 0 amide bonds. The Labute approximate surface area is 114 Å². The quantitative estimate of drug-likeness (QED) is 0.743. The molecule has 0 unspecified atom stereocenters. The van der Waals surface area contributed by atoms with Crippen LogP contribution in [0.25, 0.3) is 0 Å². The predicted molar refractivity (Wildman–Crippen MR) is 76.2 cm³/mol. The van der Waals surface area contributed by atoms with Gasteiger partial charge in [0.15, 0.2) is 0 Å². The molecule has 0 aromatic heterocycles. The lowest BCUT2D eigenvalue weighted by molar-refractivity contribution is 0.628. The van der Waals surface area contributed by atoms with E-state index in [1.165, 1.54) is 16.8 Å². The smallest absolute Gasteiger partial charge is 0.125 e. The lowest BCUT2D eigenvalue weighted by atomic mass is 10.1. The van der Waals surface area contributed by atoms with E-state index in [1.54, 1.807) is 12.1 Å². The molecule has 0 atom stereocenters. The van der Waals surface area contributed by atoms with Gasteiger partial charge in [0.1, 0.15) is 5.82 Å². The molecule has 0 radical (unpaired) electrons. The highest BCUT2D eigenvalue weighted by Gasteiger charge is 2.22. The van der Waals surface area contributed by atoms with E-state index in [4.69, 9.17) is 0 Å². The summed E-state index contributed by atoms with van der Waals surface area (Å²) in [5, 5.41) is 0.810. The number of nitrogens with zero attached hydrogens (tertiary/aromatic N) is 1. The highest BCUT2D eigenvalue weighted by molar-refractivity contribution is 9.08. The molecule has 92 valence electrons. The Kier molecular flexibility index (Phi) is 3.08. The van der Waals surface area contributed by atoms with Gasteiger partial charge in [-0.2, -0.15) is 0 Å². The normalized spacial score (nSPS) is 13.8. The first-order chi connectivity index (χ1) is 8.79. The molecule has 0 aliphatic carbocycles. The minimum absolute atomic E-state index is 0.169. The van der Waals surface area contributed by atoms with Crippen molar-refractivity contribution < 1.29 is 4.39 Å². The summed E-state index contributed by atoms with van der Waals surface area (Å²) < 4.78 is 13.4. The van der Waals surface area contributed by atoms with E-state index in [-0.39, 0.29) is 5.82 Å². The van der Waals surface area contributed by atoms with Gasteiger partial charge in [-0.1, -0.05) is 40.2 Å². The average Bonchev–Trinajstić information content (AvgIpc) is 2.81. The van der Waals surface area contributed by atoms with Gasteiger partial charge in [0.2, 0.25) is 0 Å². The zero-order valence-corrected chi connectivity index (χ0v) is 11.5. The molecule has 0 saturated heterocycles. The van der Waals surface area contributed by atoms with Crippen molar-refractivity contribution in [2.75, 3.05) is 11.4 Å². The van der Waals surface area contributed by atoms with Crippen LogP contribution in [0.4, 0.5) is 15.8 Å². The number of rotatable bonds is 2. The van der Waals surface area contributed by atoms with Crippen LogP contribution < -0.4 is 4.90 Å². The highest BCUT2D eigenvalue weighted by Crippen LogP contribution is 2.37. The minimum Gasteiger partial charge on any atom is -0.341 e.